The lowest BCUT2D eigenvalue weighted by molar-refractivity contribution is 0.0728. The number of amides is 1. The average molecular weight is 362 g/mol. The van der Waals surface area contributed by atoms with E-state index in [1.807, 2.05) is 24.0 Å². The van der Waals surface area contributed by atoms with Crippen molar-refractivity contribution in [3.05, 3.63) is 82.9 Å². The Hall–Kier alpha value is -3.28. The van der Waals surface area contributed by atoms with Crippen molar-refractivity contribution < 1.29 is 9.18 Å². The number of carbonyl (C=O) groups excluding carboxylic acids is 1. The zero-order chi connectivity index (χ0) is 18.8. The van der Waals surface area contributed by atoms with Gasteiger partial charge in [0.1, 0.15) is 11.5 Å². The van der Waals surface area contributed by atoms with E-state index in [4.69, 9.17) is 0 Å². The lowest BCUT2D eigenvalue weighted by Gasteiger charge is -2.28. The molecule has 1 aliphatic heterocycles. The fraction of sp³-hybridized carbons (Fsp3) is 0.190. The number of nitrogens with zero attached hydrogens (tertiary/aromatic N) is 3. The summed E-state index contributed by atoms with van der Waals surface area (Å²) in [5.41, 5.74) is 4.17. The standard InChI is InChI=1S/C21H19FN4O/c1-14-12-19(25-21(23-14)24-18-8-6-17(22)7-9-18)20(27)26-11-10-15-4-2-3-5-16(15)13-26/h2-9,12H,10-11,13H2,1H3,(H,23,24,25). The number of hydrogen-bond acceptors (Lipinski definition) is 4. The highest BCUT2D eigenvalue weighted by Crippen LogP contribution is 2.21. The minimum Gasteiger partial charge on any atom is -0.333 e. The molecule has 5 nitrogen and oxygen atoms in total. The Bertz CT molecular complexity index is 988. The molecule has 2 heterocycles. The van der Waals surface area contributed by atoms with Gasteiger partial charge in [0.05, 0.1) is 0 Å². The maximum absolute atomic E-state index is 13.1. The number of anilines is 2. The molecule has 0 saturated carbocycles. The van der Waals surface area contributed by atoms with E-state index in [1.165, 1.54) is 23.3 Å². The molecule has 3 aromatic rings. The van der Waals surface area contributed by atoms with Crippen LogP contribution in [0.2, 0.25) is 0 Å². The molecule has 1 aromatic heterocycles. The largest absolute Gasteiger partial charge is 0.333 e. The molecular weight excluding hydrogens is 343 g/mol. The van der Waals surface area contributed by atoms with E-state index >= 15 is 0 Å². The van der Waals surface area contributed by atoms with E-state index in [0.717, 1.165) is 6.42 Å². The molecule has 6 heteroatoms. The molecule has 136 valence electrons. The molecule has 1 amide bonds. The number of aryl methyl sites for hydroxylation is 1. The van der Waals surface area contributed by atoms with Gasteiger partial charge in [-0.3, -0.25) is 4.79 Å². The molecular formula is C21H19FN4O. The molecule has 0 unspecified atom stereocenters. The van der Waals surface area contributed by atoms with E-state index in [1.54, 1.807) is 18.2 Å². The first-order valence-electron chi connectivity index (χ1n) is 8.83. The van der Waals surface area contributed by atoms with Crippen molar-refractivity contribution in [3.63, 3.8) is 0 Å². The summed E-state index contributed by atoms with van der Waals surface area (Å²) in [5.74, 6) is -0.105. The predicted molar refractivity (Wildman–Crippen MR) is 101 cm³/mol. The van der Waals surface area contributed by atoms with Crippen molar-refractivity contribution in [2.24, 2.45) is 0 Å². The molecule has 0 spiro atoms. The molecule has 0 fully saturated rings. The molecule has 27 heavy (non-hydrogen) atoms. The zero-order valence-corrected chi connectivity index (χ0v) is 14.9. The summed E-state index contributed by atoms with van der Waals surface area (Å²) in [6, 6.07) is 15.8. The lowest BCUT2D eigenvalue weighted by atomic mass is 10.00. The van der Waals surface area contributed by atoms with Gasteiger partial charge in [0.15, 0.2) is 0 Å². The summed E-state index contributed by atoms with van der Waals surface area (Å²) in [4.78, 5) is 23.5. The second-order valence-corrected chi connectivity index (χ2v) is 6.60. The lowest BCUT2D eigenvalue weighted by Crippen LogP contribution is -2.36. The summed E-state index contributed by atoms with van der Waals surface area (Å²) >= 11 is 0. The van der Waals surface area contributed by atoms with E-state index in [0.29, 0.717) is 36.1 Å². The molecule has 1 aliphatic rings. The third-order valence-corrected chi connectivity index (χ3v) is 4.59. The van der Waals surface area contributed by atoms with Crippen LogP contribution in [0.3, 0.4) is 0 Å². The van der Waals surface area contributed by atoms with Crippen LogP contribution in [0.1, 0.15) is 27.3 Å². The average Bonchev–Trinajstić information content (AvgIpc) is 2.68. The van der Waals surface area contributed by atoms with Crippen molar-refractivity contribution in [3.8, 4) is 0 Å². The highest BCUT2D eigenvalue weighted by atomic mass is 19.1. The number of hydrogen-bond donors (Lipinski definition) is 1. The van der Waals surface area contributed by atoms with Gasteiger partial charge in [0.2, 0.25) is 5.95 Å². The van der Waals surface area contributed by atoms with E-state index in [9.17, 15) is 9.18 Å². The Kier molecular flexibility index (Phi) is 4.54. The first-order valence-corrected chi connectivity index (χ1v) is 8.83. The van der Waals surface area contributed by atoms with Crippen LogP contribution in [0.15, 0.2) is 54.6 Å². The summed E-state index contributed by atoms with van der Waals surface area (Å²) in [5, 5.41) is 3.03. The number of nitrogens with one attached hydrogen (secondary N) is 1. The fourth-order valence-electron chi connectivity index (χ4n) is 3.23. The van der Waals surface area contributed by atoms with Gasteiger partial charge in [0.25, 0.3) is 5.91 Å². The highest BCUT2D eigenvalue weighted by Gasteiger charge is 2.23. The van der Waals surface area contributed by atoms with E-state index in [-0.39, 0.29) is 11.7 Å². The van der Waals surface area contributed by atoms with Crippen molar-refractivity contribution in [1.29, 1.82) is 0 Å². The summed E-state index contributed by atoms with van der Waals surface area (Å²) in [6.07, 6.45) is 0.840. The van der Waals surface area contributed by atoms with Gasteiger partial charge in [-0.1, -0.05) is 24.3 Å². The van der Waals surface area contributed by atoms with Crippen LogP contribution >= 0.6 is 0 Å². The van der Waals surface area contributed by atoms with Crippen LogP contribution in [0, 0.1) is 12.7 Å². The van der Waals surface area contributed by atoms with Crippen LogP contribution < -0.4 is 5.32 Å². The molecule has 0 atom stereocenters. The number of rotatable bonds is 3. The van der Waals surface area contributed by atoms with Crippen LogP contribution in [-0.4, -0.2) is 27.3 Å². The zero-order valence-electron chi connectivity index (χ0n) is 14.9. The van der Waals surface area contributed by atoms with Gasteiger partial charge < -0.3 is 10.2 Å². The van der Waals surface area contributed by atoms with Crippen LogP contribution in [0.4, 0.5) is 16.0 Å². The maximum Gasteiger partial charge on any atom is 0.272 e. The van der Waals surface area contributed by atoms with Gasteiger partial charge in [-0.05, 0) is 54.8 Å². The second kappa shape index (κ2) is 7.15. The topological polar surface area (TPSA) is 58.1 Å². The molecule has 1 N–H and O–H groups in total. The molecule has 2 aromatic carbocycles. The monoisotopic (exact) mass is 362 g/mol. The summed E-state index contributed by atoms with van der Waals surface area (Å²) in [6.45, 7) is 3.07. The van der Waals surface area contributed by atoms with Gasteiger partial charge in [-0.15, -0.1) is 0 Å². The predicted octanol–water partition coefficient (Wildman–Crippen LogP) is 3.87. The second-order valence-electron chi connectivity index (χ2n) is 6.60. The highest BCUT2D eigenvalue weighted by molar-refractivity contribution is 5.93. The van der Waals surface area contributed by atoms with Gasteiger partial charge in [0, 0.05) is 24.5 Å². The SMILES string of the molecule is Cc1cc(C(=O)N2CCc3ccccc3C2)nc(Nc2ccc(F)cc2)n1. The van der Waals surface area contributed by atoms with Gasteiger partial charge in [-0.2, -0.15) is 0 Å². The first kappa shape index (κ1) is 17.1. The Morgan fingerprint density at radius 3 is 2.59 bits per heavy atom. The minimum absolute atomic E-state index is 0.114. The third kappa shape index (κ3) is 3.79. The van der Waals surface area contributed by atoms with Gasteiger partial charge >= 0.3 is 0 Å². The van der Waals surface area contributed by atoms with Crippen molar-refractivity contribution >= 4 is 17.5 Å². The Morgan fingerprint density at radius 2 is 1.81 bits per heavy atom. The number of aromatic nitrogens is 2. The van der Waals surface area contributed by atoms with Crippen molar-refractivity contribution in [2.75, 3.05) is 11.9 Å². The van der Waals surface area contributed by atoms with Gasteiger partial charge in [-0.25, -0.2) is 14.4 Å². The Balaban J connectivity index is 1.56. The number of fused-ring (bicyclic) bond motifs is 1. The molecule has 0 bridgehead atoms. The molecule has 0 radical (unpaired) electrons. The smallest absolute Gasteiger partial charge is 0.272 e. The van der Waals surface area contributed by atoms with Crippen molar-refractivity contribution in [1.82, 2.24) is 14.9 Å². The van der Waals surface area contributed by atoms with Crippen LogP contribution in [0.5, 0.6) is 0 Å². The number of halogens is 1. The maximum atomic E-state index is 13.1. The summed E-state index contributed by atoms with van der Waals surface area (Å²) in [7, 11) is 0. The minimum atomic E-state index is -0.313. The van der Waals surface area contributed by atoms with Crippen LogP contribution in [-0.2, 0) is 13.0 Å². The normalized spacial score (nSPS) is 13.2. The van der Waals surface area contributed by atoms with Crippen molar-refractivity contribution in [2.45, 2.75) is 19.9 Å². The molecule has 0 saturated heterocycles. The van der Waals surface area contributed by atoms with E-state index < -0.39 is 0 Å². The Labute approximate surface area is 156 Å². The third-order valence-electron chi connectivity index (χ3n) is 4.59. The molecule has 4 rings (SSSR count). The quantitative estimate of drug-likeness (QED) is 0.768. The first-order chi connectivity index (χ1) is 13.1. The van der Waals surface area contributed by atoms with Crippen LogP contribution in [0.25, 0.3) is 0 Å². The fourth-order valence-corrected chi connectivity index (χ4v) is 3.23. The Morgan fingerprint density at radius 1 is 1.07 bits per heavy atom. The molecule has 0 aliphatic carbocycles. The number of benzene rings is 2. The summed E-state index contributed by atoms with van der Waals surface area (Å²) < 4.78 is 13.1. The number of carbonyl (C=O) groups is 1. The van der Waals surface area contributed by atoms with E-state index in [2.05, 4.69) is 27.4 Å².